The number of rotatable bonds is 7. The van der Waals surface area contributed by atoms with E-state index < -0.39 is 22.0 Å². The normalized spacial score (nSPS) is 17.5. The van der Waals surface area contributed by atoms with Crippen molar-refractivity contribution in [2.75, 3.05) is 20.2 Å². The lowest BCUT2D eigenvalue weighted by molar-refractivity contribution is -0.146. The van der Waals surface area contributed by atoms with Gasteiger partial charge in [0.1, 0.15) is 6.04 Å². The lowest BCUT2D eigenvalue weighted by Gasteiger charge is -2.31. The van der Waals surface area contributed by atoms with E-state index in [2.05, 4.69) is 5.32 Å². The minimum Gasteiger partial charge on any atom is -0.467 e. The number of carbonyl (C=O) groups is 2. The Morgan fingerprint density at radius 2 is 1.78 bits per heavy atom. The van der Waals surface area contributed by atoms with Gasteiger partial charge in [-0.3, -0.25) is 4.79 Å². The van der Waals surface area contributed by atoms with Crippen LogP contribution in [-0.4, -0.2) is 50.8 Å². The number of piperidine rings is 1. The van der Waals surface area contributed by atoms with Crippen molar-refractivity contribution in [3.63, 3.8) is 0 Å². The molecule has 0 aromatic heterocycles. The van der Waals surface area contributed by atoms with Gasteiger partial charge in [-0.25, -0.2) is 13.2 Å². The van der Waals surface area contributed by atoms with Gasteiger partial charge in [0.25, 0.3) is 0 Å². The summed E-state index contributed by atoms with van der Waals surface area (Å²) >= 11 is 0. The van der Waals surface area contributed by atoms with Crippen LogP contribution in [0.5, 0.6) is 0 Å². The average molecular weight is 397 g/mol. The number of methoxy groups -OCH3 is 1. The van der Waals surface area contributed by atoms with Gasteiger partial charge in [0.15, 0.2) is 0 Å². The van der Waals surface area contributed by atoms with Crippen LogP contribution in [0.25, 0.3) is 0 Å². The molecule has 150 valence electrons. The van der Waals surface area contributed by atoms with E-state index in [-0.39, 0.29) is 35.7 Å². The first-order valence-corrected chi connectivity index (χ1v) is 10.6. The van der Waals surface area contributed by atoms with Crippen molar-refractivity contribution in [2.45, 2.75) is 44.0 Å². The van der Waals surface area contributed by atoms with Crippen molar-refractivity contribution >= 4 is 21.9 Å². The maximum absolute atomic E-state index is 12.7. The number of nitrogens with zero attached hydrogens (tertiary/aromatic N) is 1. The molecule has 0 radical (unpaired) electrons. The Bertz CT molecular complexity index is 741. The molecule has 1 aromatic carbocycles. The average Bonchev–Trinajstić information content (AvgIpc) is 2.67. The fourth-order valence-electron chi connectivity index (χ4n) is 3.22. The van der Waals surface area contributed by atoms with Gasteiger partial charge >= 0.3 is 5.97 Å². The third kappa shape index (κ3) is 5.52. The number of nitrogens with one attached hydrogen (secondary N) is 1. The lowest BCUT2D eigenvalue weighted by Crippen LogP contribution is -2.48. The summed E-state index contributed by atoms with van der Waals surface area (Å²) in [7, 11) is -2.24. The highest BCUT2D eigenvalue weighted by molar-refractivity contribution is 7.89. The first-order valence-electron chi connectivity index (χ1n) is 9.19. The summed E-state index contributed by atoms with van der Waals surface area (Å²) in [5.41, 5.74) is 0. The molecule has 1 amide bonds. The van der Waals surface area contributed by atoms with Crippen LogP contribution in [0.2, 0.25) is 0 Å². The predicted octanol–water partition coefficient (Wildman–Crippen LogP) is 1.79. The van der Waals surface area contributed by atoms with E-state index in [1.165, 1.54) is 11.4 Å². The summed E-state index contributed by atoms with van der Waals surface area (Å²) < 4.78 is 31.5. The summed E-state index contributed by atoms with van der Waals surface area (Å²) in [5, 5.41) is 2.77. The van der Waals surface area contributed by atoms with Crippen LogP contribution in [0, 0.1) is 11.8 Å². The van der Waals surface area contributed by atoms with Crippen LogP contribution in [0.1, 0.15) is 33.1 Å². The fraction of sp³-hybridized carbons (Fsp3) is 0.579. The molecule has 0 unspecified atom stereocenters. The van der Waals surface area contributed by atoms with Crippen molar-refractivity contribution in [1.29, 1.82) is 0 Å². The summed E-state index contributed by atoms with van der Waals surface area (Å²) in [6.07, 6.45) is 1.35. The molecule has 0 saturated carbocycles. The van der Waals surface area contributed by atoms with Crippen LogP contribution in [0.3, 0.4) is 0 Å². The Balaban J connectivity index is 1.96. The molecule has 1 heterocycles. The summed E-state index contributed by atoms with van der Waals surface area (Å²) in [6.45, 7) is 4.49. The Hall–Kier alpha value is -1.93. The molecule has 1 aromatic rings. The molecule has 7 nitrogen and oxygen atoms in total. The molecule has 0 bridgehead atoms. The number of benzene rings is 1. The topological polar surface area (TPSA) is 92.8 Å². The minimum absolute atomic E-state index is 0.220. The largest absolute Gasteiger partial charge is 0.467 e. The number of hydrogen-bond acceptors (Lipinski definition) is 5. The zero-order chi connectivity index (χ0) is 20.0. The molecule has 1 saturated heterocycles. The second-order valence-electron chi connectivity index (χ2n) is 7.21. The van der Waals surface area contributed by atoms with E-state index in [1.54, 1.807) is 30.3 Å². The lowest BCUT2D eigenvalue weighted by atomic mass is 9.96. The number of hydrogen-bond donors (Lipinski definition) is 1. The van der Waals surface area contributed by atoms with E-state index in [4.69, 9.17) is 4.74 Å². The number of carbonyl (C=O) groups excluding carboxylic acids is 2. The van der Waals surface area contributed by atoms with Crippen molar-refractivity contribution < 1.29 is 22.7 Å². The molecule has 0 spiro atoms. The van der Waals surface area contributed by atoms with Gasteiger partial charge < -0.3 is 10.1 Å². The van der Waals surface area contributed by atoms with Gasteiger partial charge in [0.05, 0.1) is 12.0 Å². The standard InChI is InChI=1S/C19H28N2O5S/c1-14(2)13-17(19(23)26-3)20-18(22)15-9-11-21(12-10-15)27(24,25)16-7-5-4-6-8-16/h4-8,14-15,17H,9-13H2,1-3H3,(H,20,22)/t17-/m1/s1. The van der Waals surface area contributed by atoms with Crippen molar-refractivity contribution in [3.05, 3.63) is 30.3 Å². The number of amides is 1. The monoisotopic (exact) mass is 396 g/mol. The van der Waals surface area contributed by atoms with Crippen LogP contribution < -0.4 is 5.32 Å². The first kappa shape index (κ1) is 21.4. The Morgan fingerprint density at radius 1 is 1.19 bits per heavy atom. The van der Waals surface area contributed by atoms with E-state index in [0.717, 1.165) is 0 Å². The molecule has 27 heavy (non-hydrogen) atoms. The molecule has 2 rings (SSSR count). The zero-order valence-corrected chi connectivity index (χ0v) is 16.9. The molecule has 1 aliphatic rings. The van der Waals surface area contributed by atoms with Crippen molar-refractivity contribution in [3.8, 4) is 0 Å². The number of sulfonamides is 1. The van der Waals surface area contributed by atoms with Gasteiger partial charge in [-0.15, -0.1) is 0 Å². The molecule has 1 aliphatic heterocycles. The third-order valence-electron chi connectivity index (χ3n) is 4.71. The summed E-state index contributed by atoms with van der Waals surface area (Å²) in [6, 6.07) is 7.62. The van der Waals surface area contributed by atoms with E-state index >= 15 is 0 Å². The summed E-state index contributed by atoms with van der Waals surface area (Å²) in [4.78, 5) is 24.7. The fourth-order valence-corrected chi connectivity index (χ4v) is 4.71. The maximum atomic E-state index is 12.7. The zero-order valence-electron chi connectivity index (χ0n) is 16.1. The van der Waals surface area contributed by atoms with Gasteiger partial charge in [-0.2, -0.15) is 4.31 Å². The van der Waals surface area contributed by atoms with Gasteiger partial charge in [0, 0.05) is 19.0 Å². The first-order chi connectivity index (χ1) is 12.8. The van der Waals surface area contributed by atoms with Crippen LogP contribution in [0.15, 0.2) is 35.2 Å². The molecular formula is C19H28N2O5S. The number of ether oxygens (including phenoxy) is 1. The van der Waals surface area contributed by atoms with E-state index in [0.29, 0.717) is 19.3 Å². The van der Waals surface area contributed by atoms with Crippen molar-refractivity contribution in [2.24, 2.45) is 11.8 Å². The molecule has 0 aliphatic carbocycles. The second kappa shape index (κ2) is 9.32. The molecule has 1 fully saturated rings. The molecule has 8 heteroatoms. The highest BCUT2D eigenvalue weighted by atomic mass is 32.2. The van der Waals surface area contributed by atoms with Gasteiger partial charge in [0.2, 0.25) is 15.9 Å². The minimum atomic E-state index is -3.54. The van der Waals surface area contributed by atoms with Crippen LogP contribution in [-0.2, 0) is 24.3 Å². The molecular weight excluding hydrogens is 368 g/mol. The van der Waals surface area contributed by atoms with Gasteiger partial charge in [-0.1, -0.05) is 32.0 Å². The third-order valence-corrected chi connectivity index (χ3v) is 6.63. The smallest absolute Gasteiger partial charge is 0.328 e. The van der Waals surface area contributed by atoms with E-state index in [1.807, 2.05) is 13.8 Å². The summed E-state index contributed by atoms with van der Waals surface area (Å²) in [5.74, 6) is -0.761. The Kier molecular flexibility index (Phi) is 7.38. The second-order valence-corrected chi connectivity index (χ2v) is 9.14. The molecule has 1 N–H and O–H groups in total. The predicted molar refractivity (Wildman–Crippen MR) is 101 cm³/mol. The quantitative estimate of drug-likeness (QED) is 0.710. The number of esters is 1. The highest BCUT2D eigenvalue weighted by Crippen LogP contribution is 2.24. The SMILES string of the molecule is COC(=O)[C@@H](CC(C)C)NC(=O)C1CCN(S(=O)(=O)c2ccccc2)CC1. The van der Waals surface area contributed by atoms with E-state index in [9.17, 15) is 18.0 Å². The van der Waals surface area contributed by atoms with Crippen LogP contribution in [0.4, 0.5) is 0 Å². The maximum Gasteiger partial charge on any atom is 0.328 e. The Morgan fingerprint density at radius 3 is 2.30 bits per heavy atom. The van der Waals surface area contributed by atoms with Gasteiger partial charge in [-0.05, 0) is 37.3 Å². The van der Waals surface area contributed by atoms with Crippen molar-refractivity contribution in [1.82, 2.24) is 9.62 Å². The molecule has 1 atom stereocenters. The Labute approximate surface area is 161 Å². The van der Waals surface area contributed by atoms with Crippen LogP contribution >= 0.6 is 0 Å². The highest BCUT2D eigenvalue weighted by Gasteiger charge is 2.33.